The molecule has 0 aromatic carbocycles. The summed E-state index contributed by atoms with van der Waals surface area (Å²) in [4.78, 5) is 26.1. The molecule has 2 saturated heterocycles. The number of nitrogens with zero attached hydrogens (tertiary/aromatic N) is 4. The first-order valence-corrected chi connectivity index (χ1v) is 9.73. The quantitative estimate of drug-likeness (QED) is 0.824. The van der Waals surface area contributed by atoms with Crippen LogP contribution in [0.2, 0.25) is 0 Å². The number of furan rings is 1. The van der Waals surface area contributed by atoms with Gasteiger partial charge >= 0.3 is 0 Å². The molecule has 7 nitrogen and oxygen atoms in total. The van der Waals surface area contributed by atoms with Crippen molar-refractivity contribution in [3.8, 4) is 0 Å². The fourth-order valence-corrected chi connectivity index (χ4v) is 3.70. The van der Waals surface area contributed by atoms with Gasteiger partial charge in [-0.2, -0.15) is 0 Å². The maximum Gasteiger partial charge on any atom is 0.290 e. The summed E-state index contributed by atoms with van der Waals surface area (Å²) in [7, 11) is 0. The Balaban J connectivity index is 1.50. The molecule has 4 rings (SSSR count). The maximum atomic E-state index is 12.9. The van der Waals surface area contributed by atoms with E-state index in [0.29, 0.717) is 25.5 Å². The molecule has 27 heavy (non-hydrogen) atoms. The second-order valence-corrected chi connectivity index (χ2v) is 7.16. The molecule has 2 aromatic rings. The van der Waals surface area contributed by atoms with Crippen molar-refractivity contribution < 1.29 is 13.9 Å². The van der Waals surface area contributed by atoms with E-state index in [9.17, 15) is 4.79 Å². The van der Waals surface area contributed by atoms with Gasteiger partial charge in [0.1, 0.15) is 11.9 Å². The summed E-state index contributed by atoms with van der Waals surface area (Å²) in [6.07, 6.45) is 4.67. The van der Waals surface area contributed by atoms with E-state index in [-0.39, 0.29) is 12.0 Å². The van der Waals surface area contributed by atoms with Crippen molar-refractivity contribution in [3.63, 3.8) is 0 Å². The normalized spacial score (nSPS) is 20.3. The summed E-state index contributed by atoms with van der Waals surface area (Å²) in [6, 6.07) is 3.82. The molecule has 2 aliphatic rings. The summed E-state index contributed by atoms with van der Waals surface area (Å²) < 4.78 is 11.7. The number of hydrogen-bond donors (Lipinski definition) is 0. The van der Waals surface area contributed by atoms with Crippen molar-refractivity contribution in [2.75, 3.05) is 37.7 Å². The molecule has 1 unspecified atom stereocenters. The van der Waals surface area contributed by atoms with Crippen LogP contribution in [0.25, 0.3) is 0 Å². The minimum Gasteiger partial charge on any atom is -0.456 e. The monoisotopic (exact) mass is 370 g/mol. The van der Waals surface area contributed by atoms with E-state index < -0.39 is 0 Å². The SMILES string of the molecule is CCc1cc(C)c(C(=O)N2CCOC(c3ccnc(N4CCCC4)n3)C2)o1. The van der Waals surface area contributed by atoms with Crippen LogP contribution in [-0.2, 0) is 11.2 Å². The van der Waals surface area contributed by atoms with Crippen molar-refractivity contribution in [2.45, 2.75) is 39.2 Å². The fourth-order valence-electron chi connectivity index (χ4n) is 3.70. The third-order valence-corrected chi connectivity index (χ3v) is 5.25. The number of ether oxygens (including phenoxy) is 1. The number of morpholine rings is 1. The summed E-state index contributed by atoms with van der Waals surface area (Å²) >= 11 is 0. The van der Waals surface area contributed by atoms with Crippen LogP contribution < -0.4 is 4.90 Å². The zero-order valence-corrected chi connectivity index (χ0v) is 16.0. The Morgan fingerprint density at radius 1 is 1.30 bits per heavy atom. The Morgan fingerprint density at radius 3 is 2.85 bits per heavy atom. The van der Waals surface area contributed by atoms with Crippen molar-refractivity contribution in [2.24, 2.45) is 0 Å². The number of hydrogen-bond acceptors (Lipinski definition) is 6. The van der Waals surface area contributed by atoms with Crippen LogP contribution in [0.4, 0.5) is 5.95 Å². The second kappa shape index (κ2) is 7.68. The first kappa shape index (κ1) is 18.0. The zero-order chi connectivity index (χ0) is 18.8. The third-order valence-electron chi connectivity index (χ3n) is 5.25. The smallest absolute Gasteiger partial charge is 0.290 e. The van der Waals surface area contributed by atoms with Crippen LogP contribution in [0.15, 0.2) is 22.7 Å². The van der Waals surface area contributed by atoms with Crippen LogP contribution in [-0.4, -0.2) is 53.6 Å². The number of amides is 1. The van der Waals surface area contributed by atoms with E-state index >= 15 is 0 Å². The Bertz CT molecular complexity index is 813. The van der Waals surface area contributed by atoms with Crippen molar-refractivity contribution in [3.05, 3.63) is 41.1 Å². The molecule has 2 aliphatic heterocycles. The average molecular weight is 370 g/mol. The van der Waals surface area contributed by atoms with E-state index in [4.69, 9.17) is 14.1 Å². The Morgan fingerprint density at radius 2 is 2.11 bits per heavy atom. The van der Waals surface area contributed by atoms with Gasteiger partial charge in [-0.3, -0.25) is 4.79 Å². The molecule has 144 valence electrons. The van der Waals surface area contributed by atoms with Gasteiger partial charge in [0, 0.05) is 37.8 Å². The lowest BCUT2D eigenvalue weighted by Gasteiger charge is -2.32. The summed E-state index contributed by atoms with van der Waals surface area (Å²) in [6.45, 7) is 7.44. The highest BCUT2D eigenvalue weighted by Crippen LogP contribution is 2.25. The lowest BCUT2D eigenvalue weighted by molar-refractivity contribution is -0.0257. The highest BCUT2D eigenvalue weighted by atomic mass is 16.5. The molecule has 0 N–H and O–H groups in total. The minimum absolute atomic E-state index is 0.0747. The number of aromatic nitrogens is 2. The lowest BCUT2D eigenvalue weighted by atomic mass is 10.1. The molecule has 0 bridgehead atoms. The largest absolute Gasteiger partial charge is 0.456 e. The van der Waals surface area contributed by atoms with Crippen LogP contribution in [0, 0.1) is 6.92 Å². The predicted octanol–water partition coefficient (Wildman–Crippen LogP) is 2.75. The number of anilines is 1. The van der Waals surface area contributed by atoms with E-state index in [2.05, 4.69) is 9.88 Å². The van der Waals surface area contributed by atoms with Gasteiger partial charge < -0.3 is 19.0 Å². The van der Waals surface area contributed by atoms with Crippen LogP contribution in [0.1, 0.15) is 53.4 Å². The molecule has 2 aromatic heterocycles. The standard InChI is InChI=1S/C20H26N4O3/c1-3-15-12-14(2)18(27-15)19(25)24-10-11-26-17(13-24)16-6-7-21-20(22-16)23-8-4-5-9-23/h6-7,12,17H,3-5,8-11,13H2,1-2H3. The third kappa shape index (κ3) is 3.69. The van der Waals surface area contributed by atoms with E-state index in [1.54, 1.807) is 11.1 Å². The molecule has 0 spiro atoms. The van der Waals surface area contributed by atoms with Gasteiger partial charge in [0.15, 0.2) is 5.76 Å². The minimum atomic E-state index is -0.243. The van der Waals surface area contributed by atoms with E-state index in [1.165, 1.54) is 12.8 Å². The molecule has 0 radical (unpaired) electrons. The maximum absolute atomic E-state index is 12.9. The number of aryl methyl sites for hydroxylation is 2. The first-order valence-electron chi connectivity index (χ1n) is 9.73. The fraction of sp³-hybridized carbons (Fsp3) is 0.550. The van der Waals surface area contributed by atoms with E-state index in [1.807, 2.05) is 26.0 Å². The van der Waals surface area contributed by atoms with Gasteiger partial charge in [-0.05, 0) is 31.9 Å². The summed E-state index contributed by atoms with van der Waals surface area (Å²) in [5.74, 6) is 1.96. The average Bonchev–Trinajstić information content (AvgIpc) is 3.37. The second-order valence-electron chi connectivity index (χ2n) is 7.16. The van der Waals surface area contributed by atoms with Gasteiger partial charge in [0.2, 0.25) is 5.95 Å². The van der Waals surface area contributed by atoms with Gasteiger partial charge in [-0.15, -0.1) is 0 Å². The summed E-state index contributed by atoms with van der Waals surface area (Å²) in [5, 5.41) is 0. The predicted molar refractivity (Wildman–Crippen MR) is 101 cm³/mol. The van der Waals surface area contributed by atoms with Crippen molar-refractivity contribution in [1.29, 1.82) is 0 Å². The molecule has 0 saturated carbocycles. The molecule has 4 heterocycles. The summed E-state index contributed by atoms with van der Waals surface area (Å²) in [5.41, 5.74) is 1.72. The first-order chi connectivity index (χ1) is 13.2. The number of carbonyl (C=O) groups is 1. The molecular weight excluding hydrogens is 344 g/mol. The molecule has 2 fully saturated rings. The highest BCUT2D eigenvalue weighted by molar-refractivity contribution is 5.93. The molecule has 1 amide bonds. The topological polar surface area (TPSA) is 71.7 Å². The van der Waals surface area contributed by atoms with Gasteiger partial charge in [0.25, 0.3) is 5.91 Å². The molecule has 1 atom stereocenters. The number of rotatable bonds is 4. The molecular formula is C20H26N4O3. The van der Waals surface area contributed by atoms with Crippen LogP contribution in [0.5, 0.6) is 0 Å². The van der Waals surface area contributed by atoms with Crippen LogP contribution in [0.3, 0.4) is 0 Å². The molecule has 0 aliphatic carbocycles. The van der Waals surface area contributed by atoms with Gasteiger partial charge in [0.05, 0.1) is 18.8 Å². The highest BCUT2D eigenvalue weighted by Gasteiger charge is 2.30. The lowest BCUT2D eigenvalue weighted by Crippen LogP contribution is -2.42. The van der Waals surface area contributed by atoms with E-state index in [0.717, 1.165) is 42.5 Å². The zero-order valence-electron chi connectivity index (χ0n) is 16.0. The Hall–Kier alpha value is -2.41. The molecule has 7 heteroatoms. The van der Waals surface area contributed by atoms with Crippen LogP contribution >= 0.6 is 0 Å². The van der Waals surface area contributed by atoms with Crippen molar-refractivity contribution >= 4 is 11.9 Å². The van der Waals surface area contributed by atoms with Gasteiger partial charge in [-0.1, -0.05) is 6.92 Å². The van der Waals surface area contributed by atoms with Gasteiger partial charge in [-0.25, -0.2) is 9.97 Å². The number of carbonyl (C=O) groups excluding carboxylic acids is 1. The Kier molecular flexibility index (Phi) is 5.11. The van der Waals surface area contributed by atoms with Crippen molar-refractivity contribution in [1.82, 2.24) is 14.9 Å². The Labute approximate surface area is 159 Å².